The molecule has 4 N–H and O–H groups in total. The highest BCUT2D eigenvalue weighted by atomic mass is 16.7. The first kappa shape index (κ1) is 24.5. The molecular weight excluding hydrogens is 452 g/mol. The lowest BCUT2D eigenvalue weighted by atomic mass is 9.47. The minimum Gasteiger partial charge on any atom is -0.394 e. The Morgan fingerprint density at radius 2 is 1.89 bits per heavy atom. The van der Waals surface area contributed by atoms with E-state index in [4.69, 9.17) is 14.2 Å². The highest BCUT2D eigenvalue weighted by molar-refractivity contribution is 5.90. The van der Waals surface area contributed by atoms with E-state index >= 15 is 0 Å². The van der Waals surface area contributed by atoms with Gasteiger partial charge in [-0.15, -0.1) is 0 Å². The summed E-state index contributed by atoms with van der Waals surface area (Å²) < 4.78 is 17.8. The number of rotatable bonds is 4. The Labute approximate surface area is 206 Å². The van der Waals surface area contributed by atoms with Crippen molar-refractivity contribution in [2.45, 2.75) is 114 Å². The molecule has 3 saturated carbocycles. The van der Waals surface area contributed by atoms with Crippen LogP contribution in [0.25, 0.3) is 0 Å². The van der Waals surface area contributed by atoms with Crippen molar-refractivity contribution in [2.24, 2.45) is 28.6 Å². The molecule has 0 aromatic rings. The van der Waals surface area contributed by atoms with Gasteiger partial charge in [-0.1, -0.05) is 25.5 Å². The molecule has 2 saturated heterocycles. The maximum atomic E-state index is 12.6. The van der Waals surface area contributed by atoms with Crippen LogP contribution in [0.1, 0.15) is 65.7 Å². The van der Waals surface area contributed by atoms with Gasteiger partial charge in [-0.2, -0.15) is 0 Å². The zero-order chi connectivity index (χ0) is 24.9. The van der Waals surface area contributed by atoms with Crippen LogP contribution in [0.15, 0.2) is 11.6 Å². The number of ether oxygens (including phenoxy) is 3. The third-order valence-corrected chi connectivity index (χ3v) is 11.2. The number of carbonyl (C=O) groups is 1. The third-order valence-electron chi connectivity index (χ3n) is 11.2. The molecule has 0 unspecified atom stereocenters. The van der Waals surface area contributed by atoms with Crippen LogP contribution in [-0.2, 0) is 19.0 Å². The number of epoxide rings is 1. The van der Waals surface area contributed by atoms with E-state index in [2.05, 4.69) is 19.9 Å². The van der Waals surface area contributed by atoms with E-state index in [1.807, 2.05) is 0 Å². The van der Waals surface area contributed by atoms with E-state index in [1.54, 1.807) is 6.92 Å². The number of aliphatic hydroxyl groups is 4. The molecule has 2 heterocycles. The van der Waals surface area contributed by atoms with E-state index in [9.17, 15) is 25.2 Å². The largest absolute Gasteiger partial charge is 0.394 e. The highest BCUT2D eigenvalue weighted by Crippen LogP contribution is 2.73. The number of ketones is 1. The average Bonchev–Trinajstić information content (AvgIpc) is 3.51. The van der Waals surface area contributed by atoms with E-state index in [0.717, 1.165) is 44.9 Å². The molecule has 35 heavy (non-hydrogen) atoms. The molecule has 0 aromatic carbocycles. The van der Waals surface area contributed by atoms with Crippen molar-refractivity contribution >= 4 is 5.78 Å². The minimum absolute atomic E-state index is 0.0597. The van der Waals surface area contributed by atoms with E-state index in [0.29, 0.717) is 17.8 Å². The number of carbonyl (C=O) groups excluding carboxylic acids is 1. The average molecular weight is 493 g/mol. The second-order valence-corrected chi connectivity index (χ2v) is 12.5. The van der Waals surface area contributed by atoms with Crippen LogP contribution in [0.2, 0.25) is 0 Å². The van der Waals surface area contributed by atoms with Crippen molar-refractivity contribution in [2.75, 3.05) is 6.61 Å². The molecular formula is C27H40O8. The molecule has 0 amide bonds. The topological polar surface area (TPSA) is 129 Å². The van der Waals surface area contributed by atoms with Crippen molar-refractivity contribution in [1.29, 1.82) is 0 Å². The standard InChI is InChI=1S/C27H40O8/c1-13(29)27-20(35-27)11-18-16-5-4-14-10-15(6-8-25(14,2)17(16)7-9-26(18,27)3)33-24-23(32)22(31)21(30)19(12-28)34-24/h4,15-24,28,30-32H,5-12H2,1-3H3/t15-,16+,17-,18-,19+,20+,21+,22-,23+,24+,25-,26-,27+/m0/s1. The molecule has 4 aliphatic carbocycles. The molecule has 13 atom stereocenters. The van der Waals surface area contributed by atoms with Gasteiger partial charge in [0.25, 0.3) is 0 Å². The van der Waals surface area contributed by atoms with Crippen LogP contribution < -0.4 is 0 Å². The van der Waals surface area contributed by atoms with Crippen molar-refractivity contribution in [3.63, 3.8) is 0 Å². The first-order chi connectivity index (χ1) is 16.6. The summed E-state index contributed by atoms with van der Waals surface area (Å²) in [5.41, 5.74) is 0.903. The van der Waals surface area contributed by atoms with Gasteiger partial charge in [0.1, 0.15) is 24.4 Å². The number of fused-ring (bicyclic) bond motifs is 7. The SMILES string of the molecule is CC(=O)[C@@]12O[C@@H]1C[C@H]1[C@@H]3CC=C4C[C@@H](O[C@@H]5O[C@H](CO)[C@@H](O)[C@H](O)[C@H]5O)CC[C@]4(C)[C@H]3CC[C@@]12C. The Bertz CT molecular complexity index is 919. The van der Waals surface area contributed by atoms with Crippen LogP contribution in [0.4, 0.5) is 0 Å². The summed E-state index contributed by atoms with van der Waals surface area (Å²) in [4.78, 5) is 12.6. The molecule has 0 bridgehead atoms. The van der Waals surface area contributed by atoms with Crippen LogP contribution >= 0.6 is 0 Å². The first-order valence-corrected chi connectivity index (χ1v) is 13.4. The molecule has 2 aliphatic heterocycles. The second kappa shape index (κ2) is 8.06. The zero-order valence-corrected chi connectivity index (χ0v) is 20.9. The zero-order valence-electron chi connectivity index (χ0n) is 20.9. The molecule has 8 heteroatoms. The smallest absolute Gasteiger partial charge is 0.186 e. The highest BCUT2D eigenvalue weighted by Gasteiger charge is 2.79. The van der Waals surface area contributed by atoms with Gasteiger partial charge in [0.2, 0.25) is 0 Å². The number of hydrogen-bond donors (Lipinski definition) is 4. The lowest BCUT2D eigenvalue weighted by Gasteiger charge is -2.58. The molecule has 6 rings (SSSR count). The van der Waals surface area contributed by atoms with Gasteiger partial charge in [0.05, 0.1) is 18.8 Å². The summed E-state index contributed by atoms with van der Waals surface area (Å²) in [5, 5.41) is 40.0. The molecule has 0 aromatic heterocycles. The Kier molecular flexibility index (Phi) is 5.64. The fourth-order valence-electron chi connectivity index (χ4n) is 9.18. The van der Waals surface area contributed by atoms with Crippen molar-refractivity contribution in [1.82, 2.24) is 0 Å². The van der Waals surface area contributed by atoms with Gasteiger partial charge in [-0.25, -0.2) is 0 Å². The summed E-state index contributed by atoms with van der Waals surface area (Å²) in [6, 6.07) is 0. The second-order valence-electron chi connectivity index (χ2n) is 12.5. The summed E-state index contributed by atoms with van der Waals surface area (Å²) >= 11 is 0. The van der Waals surface area contributed by atoms with Gasteiger partial charge < -0.3 is 34.6 Å². The first-order valence-electron chi connectivity index (χ1n) is 13.4. The van der Waals surface area contributed by atoms with E-state index in [-0.39, 0.29) is 28.8 Å². The van der Waals surface area contributed by atoms with Gasteiger partial charge in [0.15, 0.2) is 17.7 Å². The van der Waals surface area contributed by atoms with Crippen LogP contribution in [0.5, 0.6) is 0 Å². The van der Waals surface area contributed by atoms with E-state index < -0.39 is 42.9 Å². The van der Waals surface area contributed by atoms with Gasteiger partial charge in [-0.05, 0) is 75.0 Å². The third kappa shape index (κ3) is 3.20. The summed E-state index contributed by atoms with van der Waals surface area (Å²) in [5.74, 6) is 1.87. The maximum absolute atomic E-state index is 12.6. The minimum atomic E-state index is -1.43. The van der Waals surface area contributed by atoms with Crippen LogP contribution in [0.3, 0.4) is 0 Å². The fourth-order valence-corrected chi connectivity index (χ4v) is 9.18. The van der Waals surface area contributed by atoms with Crippen LogP contribution in [0, 0.1) is 28.6 Å². The summed E-state index contributed by atoms with van der Waals surface area (Å²) in [6.07, 6.45) is 2.83. The molecule has 8 nitrogen and oxygen atoms in total. The monoisotopic (exact) mass is 492 g/mol. The molecule has 5 fully saturated rings. The predicted octanol–water partition coefficient (Wildman–Crippen LogP) is 1.47. The summed E-state index contributed by atoms with van der Waals surface area (Å²) in [6.45, 7) is 5.94. The number of Topliss-reactive ketones (excluding diaryl/α,β-unsaturated/α-hetero) is 1. The van der Waals surface area contributed by atoms with Crippen molar-refractivity contribution < 1.29 is 39.4 Å². The molecule has 196 valence electrons. The lowest BCUT2D eigenvalue weighted by Crippen LogP contribution is -2.60. The van der Waals surface area contributed by atoms with Crippen molar-refractivity contribution in [3.8, 4) is 0 Å². The van der Waals surface area contributed by atoms with Gasteiger partial charge >= 0.3 is 0 Å². The van der Waals surface area contributed by atoms with Crippen LogP contribution in [-0.4, -0.2) is 81.3 Å². The molecule has 6 aliphatic rings. The Hall–Kier alpha value is -0.870. The molecule has 0 spiro atoms. The fraction of sp³-hybridized carbons (Fsp3) is 0.889. The quantitative estimate of drug-likeness (QED) is 0.343. The van der Waals surface area contributed by atoms with Gasteiger partial charge in [0, 0.05) is 5.41 Å². The Morgan fingerprint density at radius 1 is 1.11 bits per heavy atom. The van der Waals surface area contributed by atoms with Gasteiger partial charge in [-0.3, -0.25) is 4.79 Å². The lowest BCUT2D eigenvalue weighted by molar-refractivity contribution is -0.313. The summed E-state index contributed by atoms with van der Waals surface area (Å²) in [7, 11) is 0. The number of hydrogen-bond acceptors (Lipinski definition) is 8. The van der Waals surface area contributed by atoms with Crippen molar-refractivity contribution in [3.05, 3.63) is 11.6 Å². The Morgan fingerprint density at radius 3 is 2.60 bits per heavy atom. The maximum Gasteiger partial charge on any atom is 0.186 e. The predicted molar refractivity (Wildman–Crippen MR) is 124 cm³/mol. The number of allylic oxidation sites excluding steroid dienone is 1. The number of aliphatic hydroxyl groups excluding tert-OH is 4. The molecule has 0 radical (unpaired) electrons. The normalized spacial score (nSPS) is 56.8. The Balaban J connectivity index is 1.18. The van der Waals surface area contributed by atoms with E-state index in [1.165, 1.54) is 5.57 Å².